The van der Waals surface area contributed by atoms with E-state index in [-0.39, 0.29) is 17.4 Å². The SMILES string of the molecule is CCCc1cc(O)c([C@@H]2C=C(C)CCC2)c(O)c1. The highest BCUT2D eigenvalue weighted by atomic mass is 16.3. The number of hydrogen-bond donors (Lipinski definition) is 2. The second-order valence-electron chi connectivity index (χ2n) is 5.31. The lowest BCUT2D eigenvalue weighted by Crippen LogP contribution is -2.03. The van der Waals surface area contributed by atoms with Gasteiger partial charge in [-0.15, -0.1) is 0 Å². The molecule has 2 N–H and O–H groups in total. The number of phenolic OH excluding ortho intramolecular Hbond substituents is 2. The highest BCUT2D eigenvalue weighted by molar-refractivity contribution is 5.50. The Hall–Kier alpha value is -1.44. The quantitative estimate of drug-likeness (QED) is 0.782. The van der Waals surface area contributed by atoms with Crippen LogP contribution in [0.2, 0.25) is 0 Å². The molecular formula is C16H22O2. The first-order valence-electron chi connectivity index (χ1n) is 6.84. The summed E-state index contributed by atoms with van der Waals surface area (Å²) in [5.74, 6) is 0.651. The molecule has 2 nitrogen and oxygen atoms in total. The zero-order valence-corrected chi connectivity index (χ0v) is 11.2. The van der Waals surface area contributed by atoms with Gasteiger partial charge in [0.15, 0.2) is 0 Å². The summed E-state index contributed by atoms with van der Waals surface area (Å²) in [6.07, 6.45) is 7.35. The standard InChI is InChI=1S/C16H22O2/c1-3-5-12-9-14(17)16(15(18)10-12)13-7-4-6-11(2)8-13/h8-10,13,17-18H,3-7H2,1-2H3/t13-/m0/s1. The molecule has 0 aliphatic heterocycles. The van der Waals surface area contributed by atoms with Crippen molar-refractivity contribution < 1.29 is 10.2 Å². The fourth-order valence-corrected chi connectivity index (χ4v) is 2.83. The fraction of sp³-hybridized carbons (Fsp3) is 0.500. The van der Waals surface area contributed by atoms with Gasteiger partial charge in [0, 0.05) is 11.5 Å². The van der Waals surface area contributed by atoms with Gasteiger partial charge in [0.2, 0.25) is 0 Å². The maximum atomic E-state index is 10.1. The molecule has 2 heteroatoms. The van der Waals surface area contributed by atoms with Crippen molar-refractivity contribution in [3.8, 4) is 11.5 Å². The number of phenols is 2. The van der Waals surface area contributed by atoms with Gasteiger partial charge in [-0.1, -0.05) is 25.0 Å². The van der Waals surface area contributed by atoms with E-state index >= 15 is 0 Å². The predicted molar refractivity (Wildman–Crippen MR) is 74.1 cm³/mol. The average Bonchev–Trinajstić information content (AvgIpc) is 2.28. The average molecular weight is 246 g/mol. The Morgan fingerprint density at radius 1 is 1.22 bits per heavy atom. The van der Waals surface area contributed by atoms with Crippen molar-refractivity contribution in [1.29, 1.82) is 0 Å². The molecule has 18 heavy (non-hydrogen) atoms. The van der Waals surface area contributed by atoms with E-state index in [0.717, 1.165) is 37.7 Å². The monoisotopic (exact) mass is 246 g/mol. The first kappa shape index (κ1) is 13.0. The third-order valence-corrected chi connectivity index (χ3v) is 3.68. The number of rotatable bonds is 3. The normalized spacial score (nSPS) is 19.7. The maximum absolute atomic E-state index is 10.1. The molecule has 98 valence electrons. The highest BCUT2D eigenvalue weighted by Crippen LogP contribution is 2.41. The van der Waals surface area contributed by atoms with Crippen LogP contribution in [0.15, 0.2) is 23.8 Å². The van der Waals surface area contributed by atoms with Crippen LogP contribution in [0.4, 0.5) is 0 Å². The van der Waals surface area contributed by atoms with E-state index < -0.39 is 0 Å². The predicted octanol–water partition coefficient (Wildman–Crippen LogP) is 4.26. The van der Waals surface area contributed by atoms with Crippen LogP contribution < -0.4 is 0 Å². The summed E-state index contributed by atoms with van der Waals surface area (Å²) in [6, 6.07) is 3.60. The van der Waals surface area contributed by atoms with Crippen molar-refractivity contribution >= 4 is 0 Å². The number of benzene rings is 1. The van der Waals surface area contributed by atoms with Gasteiger partial charge in [0.05, 0.1) is 0 Å². The fourth-order valence-electron chi connectivity index (χ4n) is 2.83. The second kappa shape index (κ2) is 5.47. The van der Waals surface area contributed by atoms with Gasteiger partial charge in [0.25, 0.3) is 0 Å². The summed E-state index contributed by atoms with van der Waals surface area (Å²) in [5, 5.41) is 20.3. The van der Waals surface area contributed by atoms with E-state index in [0.29, 0.717) is 5.56 Å². The van der Waals surface area contributed by atoms with E-state index in [1.807, 2.05) is 0 Å². The van der Waals surface area contributed by atoms with Gasteiger partial charge in [-0.3, -0.25) is 0 Å². The minimum Gasteiger partial charge on any atom is -0.507 e. The number of aromatic hydroxyl groups is 2. The molecule has 0 radical (unpaired) electrons. The third kappa shape index (κ3) is 2.69. The lowest BCUT2D eigenvalue weighted by Gasteiger charge is -2.22. The van der Waals surface area contributed by atoms with Crippen LogP contribution in [-0.4, -0.2) is 10.2 Å². The molecule has 0 saturated heterocycles. The first-order valence-corrected chi connectivity index (χ1v) is 6.84. The Morgan fingerprint density at radius 2 is 1.89 bits per heavy atom. The van der Waals surface area contributed by atoms with Crippen LogP contribution >= 0.6 is 0 Å². The highest BCUT2D eigenvalue weighted by Gasteiger charge is 2.21. The van der Waals surface area contributed by atoms with Crippen LogP contribution in [0.5, 0.6) is 11.5 Å². The molecule has 1 aromatic carbocycles. The molecule has 0 unspecified atom stereocenters. The Morgan fingerprint density at radius 3 is 2.44 bits per heavy atom. The van der Waals surface area contributed by atoms with Crippen LogP contribution in [-0.2, 0) is 6.42 Å². The summed E-state index contributed by atoms with van der Waals surface area (Å²) < 4.78 is 0. The summed E-state index contributed by atoms with van der Waals surface area (Å²) in [4.78, 5) is 0. The molecule has 0 saturated carbocycles. The van der Waals surface area contributed by atoms with Crippen molar-refractivity contribution in [1.82, 2.24) is 0 Å². The molecule has 1 aliphatic rings. The molecular weight excluding hydrogens is 224 g/mol. The second-order valence-corrected chi connectivity index (χ2v) is 5.31. The minimum atomic E-state index is 0.162. The molecule has 0 amide bonds. The Kier molecular flexibility index (Phi) is 3.95. The third-order valence-electron chi connectivity index (χ3n) is 3.68. The van der Waals surface area contributed by atoms with E-state index in [9.17, 15) is 10.2 Å². The number of allylic oxidation sites excluding steroid dienone is 2. The van der Waals surface area contributed by atoms with Gasteiger partial charge in [-0.25, -0.2) is 0 Å². The van der Waals surface area contributed by atoms with E-state index in [2.05, 4.69) is 19.9 Å². The Balaban J connectivity index is 2.36. The first-order chi connectivity index (χ1) is 8.61. The zero-order valence-electron chi connectivity index (χ0n) is 11.2. The van der Waals surface area contributed by atoms with Gasteiger partial charge < -0.3 is 10.2 Å². The smallest absolute Gasteiger partial charge is 0.123 e. The molecule has 2 rings (SSSR count). The number of hydrogen-bond acceptors (Lipinski definition) is 2. The minimum absolute atomic E-state index is 0.162. The van der Waals surface area contributed by atoms with Crippen molar-refractivity contribution in [2.75, 3.05) is 0 Å². The van der Waals surface area contributed by atoms with Crippen LogP contribution in [0.3, 0.4) is 0 Å². The van der Waals surface area contributed by atoms with Crippen LogP contribution in [0, 0.1) is 0 Å². The summed E-state index contributed by atoms with van der Waals surface area (Å²) in [6.45, 7) is 4.21. The van der Waals surface area contributed by atoms with Crippen molar-refractivity contribution in [2.45, 2.75) is 51.9 Å². The lowest BCUT2D eigenvalue weighted by atomic mass is 9.84. The molecule has 0 spiro atoms. The van der Waals surface area contributed by atoms with Crippen LogP contribution in [0.1, 0.15) is 56.6 Å². The van der Waals surface area contributed by atoms with Gasteiger partial charge in [-0.2, -0.15) is 0 Å². The van der Waals surface area contributed by atoms with E-state index in [1.165, 1.54) is 5.57 Å². The summed E-state index contributed by atoms with van der Waals surface area (Å²) >= 11 is 0. The van der Waals surface area contributed by atoms with E-state index in [1.54, 1.807) is 12.1 Å². The molecule has 0 bridgehead atoms. The topological polar surface area (TPSA) is 40.5 Å². The number of aryl methyl sites for hydroxylation is 1. The van der Waals surface area contributed by atoms with Gasteiger partial charge >= 0.3 is 0 Å². The van der Waals surface area contributed by atoms with Crippen molar-refractivity contribution in [3.63, 3.8) is 0 Å². The molecule has 0 fully saturated rings. The molecule has 1 atom stereocenters. The van der Waals surface area contributed by atoms with Crippen molar-refractivity contribution in [3.05, 3.63) is 34.9 Å². The van der Waals surface area contributed by atoms with Gasteiger partial charge in [0.1, 0.15) is 11.5 Å². The summed E-state index contributed by atoms with van der Waals surface area (Å²) in [7, 11) is 0. The maximum Gasteiger partial charge on any atom is 0.123 e. The summed E-state index contributed by atoms with van der Waals surface area (Å²) in [5.41, 5.74) is 3.06. The largest absolute Gasteiger partial charge is 0.507 e. The molecule has 1 aliphatic carbocycles. The lowest BCUT2D eigenvalue weighted by molar-refractivity contribution is 0.427. The van der Waals surface area contributed by atoms with Crippen LogP contribution in [0.25, 0.3) is 0 Å². The Bertz CT molecular complexity index is 437. The van der Waals surface area contributed by atoms with Crippen molar-refractivity contribution in [2.24, 2.45) is 0 Å². The molecule has 1 aromatic rings. The molecule has 0 aromatic heterocycles. The van der Waals surface area contributed by atoms with E-state index in [4.69, 9.17) is 0 Å². The zero-order chi connectivity index (χ0) is 13.1. The molecule has 0 heterocycles. The Labute approximate surface area is 109 Å². The van der Waals surface area contributed by atoms with Gasteiger partial charge in [-0.05, 0) is 50.3 Å².